The number of methoxy groups -OCH3 is 1. The molecule has 0 saturated carbocycles. The predicted molar refractivity (Wildman–Crippen MR) is 77.8 cm³/mol. The molecule has 7 nitrogen and oxygen atoms in total. The first kappa shape index (κ1) is 16.3. The van der Waals surface area contributed by atoms with Crippen molar-refractivity contribution in [2.24, 2.45) is 5.73 Å². The van der Waals surface area contributed by atoms with E-state index in [0.717, 1.165) is 0 Å². The van der Waals surface area contributed by atoms with Gasteiger partial charge in [-0.2, -0.15) is 0 Å². The number of para-hydroxylation sites is 2. The van der Waals surface area contributed by atoms with Crippen LogP contribution in [0, 0.1) is 5.41 Å². The van der Waals surface area contributed by atoms with E-state index in [2.05, 4.69) is 4.72 Å². The molecule has 0 fully saturated rings. The minimum atomic E-state index is -3.46. The Morgan fingerprint density at radius 2 is 2.10 bits per heavy atom. The lowest BCUT2D eigenvalue weighted by Gasteiger charge is -2.13. The zero-order valence-electron chi connectivity index (χ0n) is 11.3. The number of rotatable bonds is 9. The van der Waals surface area contributed by atoms with Crippen LogP contribution < -0.4 is 15.2 Å². The molecule has 1 aromatic rings. The Kier molecular flexibility index (Phi) is 6.26. The van der Waals surface area contributed by atoms with Crippen LogP contribution in [-0.4, -0.2) is 40.3 Å². The van der Waals surface area contributed by atoms with Crippen molar-refractivity contribution in [3.8, 4) is 5.75 Å². The first-order valence-corrected chi connectivity index (χ1v) is 7.64. The Morgan fingerprint density at radius 3 is 2.75 bits per heavy atom. The molecule has 0 aliphatic carbocycles. The third kappa shape index (κ3) is 5.89. The van der Waals surface area contributed by atoms with Crippen molar-refractivity contribution in [2.75, 3.05) is 30.8 Å². The minimum absolute atomic E-state index is 0.0398. The van der Waals surface area contributed by atoms with Gasteiger partial charge in [0.15, 0.2) is 0 Å². The molecular formula is C12H19N3O4S. The molecule has 0 aliphatic rings. The van der Waals surface area contributed by atoms with Crippen molar-refractivity contribution in [3.63, 3.8) is 0 Å². The summed E-state index contributed by atoms with van der Waals surface area (Å²) < 4.78 is 36.3. The molecular weight excluding hydrogens is 282 g/mol. The fraction of sp³-hybridized carbons (Fsp3) is 0.417. The van der Waals surface area contributed by atoms with Crippen LogP contribution in [0.25, 0.3) is 0 Å². The summed E-state index contributed by atoms with van der Waals surface area (Å²) in [6.07, 6.45) is 0.405. The Labute approximate surface area is 118 Å². The van der Waals surface area contributed by atoms with E-state index in [1.165, 1.54) is 7.11 Å². The molecule has 0 bridgehead atoms. The molecule has 4 N–H and O–H groups in total. The third-order valence-electron chi connectivity index (χ3n) is 2.30. The lowest BCUT2D eigenvalue weighted by molar-refractivity contribution is 0.199. The maximum atomic E-state index is 11.9. The third-order valence-corrected chi connectivity index (χ3v) is 3.65. The van der Waals surface area contributed by atoms with Crippen LogP contribution in [0.5, 0.6) is 5.75 Å². The smallest absolute Gasteiger partial charge is 0.232 e. The van der Waals surface area contributed by atoms with Gasteiger partial charge in [0.25, 0.3) is 0 Å². The van der Waals surface area contributed by atoms with Gasteiger partial charge in [-0.1, -0.05) is 12.1 Å². The molecule has 0 heterocycles. The summed E-state index contributed by atoms with van der Waals surface area (Å²) in [6.45, 7) is 0.284. The summed E-state index contributed by atoms with van der Waals surface area (Å²) in [5.74, 6) is 0.155. The van der Waals surface area contributed by atoms with Crippen molar-refractivity contribution in [2.45, 2.75) is 6.42 Å². The molecule has 20 heavy (non-hydrogen) atoms. The lowest BCUT2D eigenvalue weighted by atomic mass is 10.3. The van der Waals surface area contributed by atoms with Crippen molar-refractivity contribution < 1.29 is 17.9 Å². The maximum Gasteiger partial charge on any atom is 0.232 e. The number of benzene rings is 1. The van der Waals surface area contributed by atoms with Crippen LogP contribution >= 0.6 is 0 Å². The number of nitrogens with one attached hydrogen (secondary N) is 2. The minimum Gasteiger partial charge on any atom is -0.484 e. The predicted octanol–water partition coefficient (Wildman–Crippen LogP) is 0.780. The lowest BCUT2D eigenvalue weighted by Crippen LogP contribution is -2.21. The second kappa shape index (κ2) is 7.71. The SMILES string of the molecule is COCCCS(=O)(=O)Nc1ccccc1OCC(=N)N. The fourth-order valence-corrected chi connectivity index (χ4v) is 2.55. The summed E-state index contributed by atoms with van der Waals surface area (Å²) in [6, 6.07) is 6.59. The highest BCUT2D eigenvalue weighted by atomic mass is 32.2. The van der Waals surface area contributed by atoms with E-state index in [1.807, 2.05) is 0 Å². The topological polar surface area (TPSA) is 115 Å². The standard InChI is InChI=1S/C12H19N3O4S/c1-18-7-4-8-20(16,17)15-10-5-2-3-6-11(10)19-9-12(13)14/h2-3,5-6,15H,4,7-9H2,1H3,(H3,13,14). The highest BCUT2D eigenvalue weighted by molar-refractivity contribution is 7.92. The number of nitrogens with two attached hydrogens (primary N) is 1. The van der Waals surface area contributed by atoms with E-state index in [0.29, 0.717) is 24.5 Å². The van der Waals surface area contributed by atoms with E-state index in [-0.39, 0.29) is 18.2 Å². The summed E-state index contributed by atoms with van der Waals surface area (Å²) >= 11 is 0. The molecule has 0 saturated heterocycles. The summed E-state index contributed by atoms with van der Waals surface area (Å²) in [4.78, 5) is 0. The van der Waals surface area contributed by atoms with E-state index < -0.39 is 10.0 Å². The van der Waals surface area contributed by atoms with Crippen LogP contribution in [0.3, 0.4) is 0 Å². The van der Waals surface area contributed by atoms with Crippen LogP contribution in [0.15, 0.2) is 24.3 Å². The number of ether oxygens (including phenoxy) is 2. The van der Waals surface area contributed by atoms with Crippen LogP contribution in [0.1, 0.15) is 6.42 Å². The molecule has 0 aromatic heterocycles. The van der Waals surface area contributed by atoms with Crippen molar-refractivity contribution in [1.29, 1.82) is 5.41 Å². The normalized spacial score (nSPS) is 11.1. The number of sulfonamides is 1. The van der Waals surface area contributed by atoms with Crippen molar-refractivity contribution in [1.82, 2.24) is 0 Å². The van der Waals surface area contributed by atoms with E-state index in [4.69, 9.17) is 20.6 Å². The van der Waals surface area contributed by atoms with Gasteiger partial charge in [0, 0.05) is 13.7 Å². The highest BCUT2D eigenvalue weighted by Gasteiger charge is 2.13. The van der Waals surface area contributed by atoms with Crippen LogP contribution in [0.2, 0.25) is 0 Å². The van der Waals surface area contributed by atoms with Gasteiger partial charge in [-0.15, -0.1) is 0 Å². The molecule has 0 atom stereocenters. The molecule has 0 unspecified atom stereocenters. The Hall–Kier alpha value is -1.80. The summed E-state index contributed by atoms with van der Waals surface area (Å²) in [5, 5.41) is 7.11. The van der Waals surface area contributed by atoms with Gasteiger partial charge < -0.3 is 15.2 Å². The van der Waals surface area contributed by atoms with E-state index >= 15 is 0 Å². The Morgan fingerprint density at radius 1 is 1.40 bits per heavy atom. The van der Waals surface area contributed by atoms with Gasteiger partial charge in [0.05, 0.1) is 11.4 Å². The fourth-order valence-electron chi connectivity index (χ4n) is 1.44. The molecule has 0 spiro atoms. The molecule has 112 valence electrons. The van der Waals surface area contributed by atoms with Gasteiger partial charge >= 0.3 is 0 Å². The second-order valence-corrected chi connectivity index (χ2v) is 5.92. The van der Waals surface area contributed by atoms with Crippen molar-refractivity contribution >= 4 is 21.5 Å². The summed E-state index contributed by atoms with van der Waals surface area (Å²) in [7, 11) is -1.94. The Balaban J connectivity index is 2.73. The quantitative estimate of drug-likeness (QED) is 0.354. The monoisotopic (exact) mass is 301 g/mol. The molecule has 1 aromatic carbocycles. The number of hydrogen-bond donors (Lipinski definition) is 3. The zero-order chi connectivity index (χ0) is 15.0. The van der Waals surface area contributed by atoms with Gasteiger partial charge in [0.1, 0.15) is 18.2 Å². The number of hydrogen-bond acceptors (Lipinski definition) is 5. The average molecular weight is 301 g/mol. The highest BCUT2D eigenvalue weighted by Crippen LogP contribution is 2.24. The first-order chi connectivity index (χ1) is 9.44. The van der Waals surface area contributed by atoms with Gasteiger partial charge in [0.2, 0.25) is 10.0 Å². The molecule has 0 radical (unpaired) electrons. The number of amidine groups is 1. The van der Waals surface area contributed by atoms with E-state index in [9.17, 15) is 8.42 Å². The average Bonchev–Trinajstić information content (AvgIpc) is 2.37. The van der Waals surface area contributed by atoms with Crippen molar-refractivity contribution in [3.05, 3.63) is 24.3 Å². The molecule has 8 heteroatoms. The molecule has 0 amide bonds. The number of anilines is 1. The van der Waals surface area contributed by atoms with Gasteiger partial charge in [-0.05, 0) is 18.6 Å². The second-order valence-electron chi connectivity index (χ2n) is 4.08. The van der Waals surface area contributed by atoms with Gasteiger partial charge in [-0.3, -0.25) is 10.1 Å². The first-order valence-electron chi connectivity index (χ1n) is 5.99. The van der Waals surface area contributed by atoms with E-state index in [1.54, 1.807) is 24.3 Å². The maximum absolute atomic E-state index is 11.9. The van der Waals surface area contributed by atoms with Crippen LogP contribution in [-0.2, 0) is 14.8 Å². The molecule has 1 rings (SSSR count). The van der Waals surface area contributed by atoms with Gasteiger partial charge in [-0.25, -0.2) is 8.42 Å². The Bertz CT molecular complexity index is 545. The zero-order valence-corrected chi connectivity index (χ0v) is 12.1. The largest absolute Gasteiger partial charge is 0.484 e. The summed E-state index contributed by atoms with van der Waals surface area (Å²) in [5.41, 5.74) is 5.53. The molecule has 0 aliphatic heterocycles. The van der Waals surface area contributed by atoms with Crippen LogP contribution in [0.4, 0.5) is 5.69 Å².